The maximum atomic E-state index is 14.3. The molecule has 0 N–H and O–H groups in total. The van der Waals surface area contributed by atoms with Crippen molar-refractivity contribution in [3.63, 3.8) is 0 Å². The molecule has 1 fully saturated rings. The third-order valence-corrected chi connectivity index (χ3v) is 6.61. The molecule has 2 aromatic carbocycles. The summed E-state index contributed by atoms with van der Waals surface area (Å²) in [5.41, 5.74) is 5.13. The van der Waals surface area contributed by atoms with Gasteiger partial charge in [-0.15, -0.1) is 0 Å². The normalized spacial score (nSPS) is 16.1. The van der Waals surface area contributed by atoms with E-state index in [1.807, 2.05) is 24.0 Å². The summed E-state index contributed by atoms with van der Waals surface area (Å²) >= 11 is 0. The summed E-state index contributed by atoms with van der Waals surface area (Å²) < 4.78 is 24.7. The van der Waals surface area contributed by atoms with Gasteiger partial charge in [0, 0.05) is 43.9 Å². The number of carbonyl (C=O) groups excluding carboxylic acids is 2. The second-order valence-electron chi connectivity index (χ2n) is 8.51. The van der Waals surface area contributed by atoms with Gasteiger partial charge in [-0.1, -0.05) is 6.07 Å². The third kappa shape index (κ3) is 4.48. The molecule has 0 radical (unpaired) electrons. The number of ether oxygens (including phenoxy) is 2. The van der Waals surface area contributed by atoms with Gasteiger partial charge in [-0.05, 0) is 55.2 Å². The summed E-state index contributed by atoms with van der Waals surface area (Å²) in [7, 11) is 1.54. The van der Waals surface area contributed by atoms with Gasteiger partial charge >= 0.3 is 5.97 Å². The zero-order chi connectivity index (χ0) is 22.8. The summed E-state index contributed by atoms with van der Waals surface area (Å²) in [6, 6.07) is 6.92. The fourth-order valence-corrected chi connectivity index (χ4v) is 4.49. The molecule has 0 saturated carbocycles. The second kappa shape index (κ2) is 9.28. The van der Waals surface area contributed by atoms with E-state index >= 15 is 0 Å². The van der Waals surface area contributed by atoms with Crippen LogP contribution in [0.15, 0.2) is 24.3 Å². The summed E-state index contributed by atoms with van der Waals surface area (Å²) in [4.78, 5) is 28.6. The van der Waals surface area contributed by atoms with Gasteiger partial charge in [0.25, 0.3) is 0 Å². The molecule has 170 valence electrons. The number of benzene rings is 2. The van der Waals surface area contributed by atoms with Crippen LogP contribution in [-0.4, -0.2) is 61.5 Å². The van der Waals surface area contributed by atoms with E-state index in [2.05, 4.69) is 4.90 Å². The van der Waals surface area contributed by atoms with Crippen LogP contribution in [-0.2, 0) is 29.0 Å². The van der Waals surface area contributed by atoms with Crippen LogP contribution in [0.5, 0.6) is 5.75 Å². The molecule has 1 saturated heterocycles. The fraction of sp³-hybridized carbons (Fsp3) is 0.440. The SMILES string of the molecule is COc1cc(CC(=O)N2CCN(CCc3ccc4c(c3C)COC4=O)CC2)c(F)cc1C. The van der Waals surface area contributed by atoms with E-state index in [1.165, 1.54) is 11.6 Å². The van der Waals surface area contributed by atoms with Gasteiger partial charge < -0.3 is 14.4 Å². The number of amides is 1. The fourth-order valence-electron chi connectivity index (χ4n) is 4.49. The second-order valence-corrected chi connectivity index (χ2v) is 8.51. The molecular weight excluding hydrogens is 411 g/mol. The Labute approximate surface area is 187 Å². The average Bonchev–Trinajstić information content (AvgIpc) is 3.17. The van der Waals surface area contributed by atoms with Crippen molar-refractivity contribution >= 4 is 11.9 Å². The molecule has 0 spiro atoms. The number of hydrogen-bond acceptors (Lipinski definition) is 5. The molecule has 1 amide bonds. The van der Waals surface area contributed by atoms with Crippen molar-refractivity contribution in [3.8, 4) is 5.75 Å². The molecule has 0 aromatic heterocycles. The van der Waals surface area contributed by atoms with Crippen LogP contribution in [0, 0.1) is 19.7 Å². The van der Waals surface area contributed by atoms with Gasteiger partial charge in [-0.2, -0.15) is 0 Å². The molecule has 2 aliphatic rings. The highest BCUT2D eigenvalue weighted by Crippen LogP contribution is 2.26. The lowest BCUT2D eigenvalue weighted by Gasteiger charge is -2.35. The van der Waals surface area contributed by atoms with Crippen LogP contribution in [0.1, 0.15) is 38.2 Å². The van der Waals surface area contributed by atoms with E-state index in [0.717, 1.165) is 37.2 Å². The molecule has 2 aliphatic heterocycles. The number of carbonyl (C=O) groups is 2. The Bertz CT molecular complexity index is 1040. The largest absolute Gasteiger partial charge is 0.496 e. The number of hydrogen-bond donors (Lipinski definition) is 0. The Balaban J connectivity index is 1.29. The number of aryl methyl sites for hydroxylation is 1. The minimum Gasteiger partial charge on any atom is -0.496 e. The van der Waals surface area contributed by atoms with E-state index in [1.54, 1.807) is 20.1 Å². The minimum atomic E-state index is -0.368. The van der Waals surface area contributed by atoms with Crippen molar-refractivity contribution in [2.45, 2.75) is 33.3 Å². The lowest BCUT2D eigenvalue weighted by atomic mass is 9.96. The monoisotopic (exact) mass is 440 g/mol. The number of halogens is 1. The predicted molar refractivity (Wildman–Crippen MR) is 118 cm³/mol. The summed E-state index contributed by atoms with van der Waals surface area (Å²) in [6.07, 6.45) is 0.924. The zero-order valence-electron chi connectivity index (χ0n) is 18.9. The molecule has 4 rings (SSSR count). The first-order valence-corrected chi connectivity index (χ1v) is 11.0. The molecule has 0 aliphatic carbocycles. The van der Waals surface area contributed by atoms with Crippen LogP contribution in [0.2, 0.25) is 0 Å². The number of cyclic esters (lactones) is 1. The van der Waals surface area contributed by atoms with Gasteiger partial charge in [-0.3, -0.25) is 9.69 Å². The van der Waals surface area contributed by atoms with Crippen LogP contribution in [0.3, 0.4) is 0 Å². The molecule has 0 bridgehead atoms. The minimum absolute atomic E-state index is 0.0393. The molecule has 6 nitrogen and oxygen atoms in total. The topological polar surface area (TPSA) is 59.1 Å². The first-order chi connectivity index (χ1) is 15.4. The van der Waals surface area contributed by atoms with Crippen LogP contribution < -0.4 is 4.74 Å². The van der Waals surface area contributed by atoms with E-state index in [-0.39, 0.29) is 24.1 Å². The molecule has 2 aromatic rings. The van der Waals surface area contributed by atoms with Crippen molar-refractivity contribution in [3.05, 3.63) is 63.5 Å². The summed E-state index contributed by atoms with van der Waals surface area (Å²) in [5, 5.41) is 0. The first-order valence-electron chi connectivity index (χ1n) is 11.0. The van der Waals surface area contributed by atoms with Gasteiger partial charge in [0.05, 0.1) is 19.1 Å². The maximum Gasteiger partial charge on any atom is 0.338 e. The summed E-state index contributed by atoms with van der Waals surface area (Å²) in [5.74, 6) is -0.0723. The highest BCUT2D eigenvalue weighted by Gasteiger charge is 2.25. The molecule has 32 heavy (non-hydrogen) atoms. The number of piperazine rings is 1. The molecule has 0 unspecified atom stereocenters. The maximum absolute atomic E-state index is 14.3. The van der Waals surface area contributed by atoms with E-state index in [0.29, 0.717) is 42.1 Å². The first kappa shape index (κ1) is 22.3. The van der Waals surface area contributed by atoms with Gasteiger partial charge in [0.1, 0.15) is 18.2 Å². The van der Waals surface area contributed by atoms with Crippen molar-refractivity contribution in [2.24, 2.45) is 0 Å². The average molecular weight is 441 g/mol. The van der Waals surface area contributed by atoms with E-state index in [4.69, 9.17) is 9.47 Å². The lowest BCUT2D eigenvalue weighted by molar-refractivity contribution is -0.132. The van der Waals surface area contributed by atoms with Crippen LogP contribution >= 0.6 is 0 Å². The number of esters is 1. The molecule has 7 heteroatoms. The van der Waals surface area contributed by atoms with Crippen molar-refractivity contribution in [1.29, 1.82) is 0 Å². The smallest absolute Gasteiger partial charge is 0.338 e. The zero-order valence-corrected chi connectivity index (χ0v) is 18.9. The predicted octanol–water partition coefficient (Wildman–Crippen LogP) is 3.05. The highest BCUT2D eigenvalue weighted by atomic mass is 19.1. The lowest BCUT2D eigenvalue weighted by Crippen LogP contribution is -2.49. The Kier molecular flexibility index (Phi) is 6.46. The Morgan fingerprint density at radius 2 is 1.88 bits per heavy atom. The van der Waals surface area contributed by atoms with Crippen molar-refractivity contribution in [1.82, 2.24) is 9.80 Å². The number of rotatable bonds is 6. The molecule has 0 atom stereocenters. The summed E-state index contributed by atoms with van der Waals surface area (Å²) in [6.45, 7) is 7.93. The van der Waals surface area contributed by atoms with Crippen LogP contribution in [0.4, 0.5) is 4.39 Å². The third-order valence-electron chi connectivity index (χ3n) is 6.61. The van der Waals surface area contributed by atoms with E-state index < -0.39 is 0 Å². The van der Waals surface area contributed by atoms with Crippen molar-refractivity contribution in [2.75, 3.05) is 39.8 Å². The molecule has 2 heterocycles. The van der Waals surface area contributed by atoms with Gasteiger partial charge in [0.2, 0.25) is 5.91 Å². The Morgan fingerprint density at radius 3 is 2.59 bits per heavy atom. The Hall–Kier alpha value is -2.93. The quantitative estimate of drug-likeness (QED) is 0.647. The van der Waals surface area contributed by atoms with Crippen LogP contribution in [0.25, 0.3) is 0 Å². The van der Waals surface area contributed by atoms with Gasteiger partial charge in [-0.25, -0.2) is 9.18 Å². The molecular formula is C25H29FN2O4. The number of nitrogens with zero attached hydrogens (tertiary/aromatic N) is 2. The highest BCUT2D eigenvalue weighted by molar-refractivity contribution is 5.93. The van der Waals surface area contributed by atoms with E-state index in [9.17, 15) is 14.0 Å². The van der Waals surface area contributed by atoms with Crippen molar-refractivity contribution < 1.29 is 23.5 Å². The number of fused-ring (bicyclic) bond motifs is 1. The standard InChI is InChI=1S/C25H29FN2O4/c1-16-12-22(26)19(13-23(16)31-3)14-24(29)28-10-8-27(9-11-28)7-6-18-4-5-20-21(17(18)2)15-32-25(20)30/h4-5,12-13H,6-11,14-15H2,1-3H3. The Morgan fingerprint density at radius 1 is 1.12 bits per heavy atom. The van der Waals surface area contributed by atoms with Gasteiger partial charge in [0.15, 0.2) is 0 Å². The number of methoxy groups -OCH3 is 1.